The molecule has 0 radical (unpaired) electrons. The van der Waals surface area contributed by atoms with E-state index in [1.807, 2.05) is 60.8 Å². The fraction of sp³-hybridized carbons (Fsp3) is 0.182. The van der Waals surface area contributed by atoms with Gasteiger partial charge in [-0.15, -0.1) is 11.6 Å². The average Bonchev–Trinajstić information content (AvgIpc) is 2.77. The zero-order valence-corrected chi connectivity index (χ0v) is 17.1. The van der Waals surface area contributed by atoms with Gasteiger partial charge >= 0.3 is 0 Å². The van der Waals surface area contributed by atoms with Gasteiger partial charge in [-0.25, -0.2) is 0 Å². The maximum absolute atomic E-state index is 6.49. The summed E-state index contributed by atoms with van der Waals surface area (Å²) in [5.41, 5.74) is 3.70. The van der Waals surface area contributed by atoms with Crippen LogP contribution < -0.4 is 14.4 Å². The van der Waals surface area contributed by atoms with Gasteiger partial charge in [-0.3, -0.25) is 9.98 Å². The molecule has 7 heteroatoms. The Labute approximate surface area is 179 Å². The van der Waals surface area contributed by atoms with Gasteiger partial charge < -0.3 is 14.4 Å². The molecule has 1 aliphatic heterocycles. The molecule has 0 N–H and O–H groups in total. The Balaban J connectivity index is 1.55. The van der Waals surface area contributed by atoms with Crippen molar-refractivity contribution in [2.24, 2.45) is 4.99 Å². The van der Waals surface area contributed by atoms with Gasteiger partial charge in [0, 0.05) is 18.1 Å². The number of alkyl halides is 1. The predicted molar refractivity (Wildman–Crippen MR) is 117 cm³/mol. The van der Waals surface area contributed by atoms with Gasteiger partial charge in [0.2, 0.25) is 0 Å². The number of benzene rings is 2. The molecule has 0 fully saturated rings. The van der Waals surface area contributed by atoms with Crippen LogP contribution in [0.1, 0.15) is 11.3 Å². The molecule has 0 spiro atoms. The van der Waals surface area contributed by atoms with E-state index in [0.717, 1.165) is 28.4 Å². The Bertz CT molecular complexity index is 1010. The summed E-state index contributed by atoms with van der Waals surface area (Å²) in [7, 11) is 0. The number of hydrogen-bond acceptors (Lipinski definition) is 5. The molecule has 0 unspecified atom stereocenters. The van der Waals surface area contributed by atoms with Crippen LogP contribution in [-0.4, -0.2) is 30.4 Å². The first-order valence-electron chi connectivity index (χ1n) is 9.17. The lowest BCUT2D eigenvalue weighted by Gasteiger charge is -2.29. The molecule has 5 nitrogen and oxygen atoms in total. The molecule has 2 heterocycles. The largest absolute Gasteiger partial charge is 0.492 e. The predicted octanol–water partition coefficient (Wildman–Crippen LogP) is 5.46. The van der Waals surface area contributed by atoms with E-state index in [4.69, 9.17) is 32.7 Å². The van der Waals surface area contributed by atoms with E-state index in [1.165, 1.54) is 0 Å². The average molecular weight is 428 g/mol. The molecule has 0 amide bonds. The van der Waals surface area contributed by atoms with Crippen LogP contribution in [0.2, 0.25) is 5.02 Å². The van der Waals surface area contributed by atoms with Crippen LogP contribution in [-0.2, 0) is 6.61 Å². The highest BCUT2D eigenvalue weighted by Gasteiger charge is 2.20. The minimum Gasteiger partial charge on any atom is -0.492 e. The Kier molecular flexibility index (Phi) is 6.17. The topological polar surface area (TPSA) is 47.0 Å². The number of rotatable bonds is 7. The number of aromatic nitrogens is 1. The second-order valence-electron chi connectivity index (χ2n) is 6.33. The van der Waals surface area contributed by atoms with Crippen molar-refractivity contribution in [2.45, 2.75) is 6.61 Å². The molecule has 0 saturated heterocycles. The first kappa shape index (κ1) is 19.6. The van der Waals surface area contributed by atoms with Gasteiger partial charge in [-0.05, 0) is 42.5 Å². The second kappa shape index (κ2) is 9.16. The van der Waals surface area contributed by atoms with Crippen molar-refractivity contribution in [3.05, 3.63) is 77.1 Å². The lowest BCUT2D eigenvalue weighted by atomic mass is 10.1. The number of hydrogen-bond donors (Lipinski definition) is 0. The van der Waals surface area contributed by atoms with Gasteiger partial charge in [-0.1, -0.05) is 23.7 Å². The summed E-state index contributed by atoms with van der Waals surface area (Å²) in [6.45, 7) is 1.30. The standard InChI is InChI=1S/C22H19Cl2N3O2/c23-9-11-28-21-6-3-5-20-18(21)13-25-15-27(20)17-7-8-22(19(24)12-17)29-14-16-4-1-2-10-26-16/h1-8,10,12-13H,9,11,14-15H2. The SMILES string of the molecule is ClCCOc1cccc2c1C=NCN2c1ccc(OCc2ccccn2)c(Cl)c1. The lowest BCUT2D eigenvalue weighted by Crippen LogP contribution is -2.22. The first-order chi connectivity index (χ1) is 14.3. The van der Waals surface area contributed by atoms with E-state index >= 15 is 0 Å². The molecule has 29 heavy (non-hydrogen) atoms. The quantitative estimate of drug-likeness (QED) is 0.469. The van der Waals surface area contributed by atoms with Gasteiger partial charge in [0.1, 0.15) is 31.4 Å². The van der Waals surface area contributed by atoms with E-state index in [0.29, 0.717) is 36.5 Å². The van der Waals surface area contributed by atoms with E-state index in [9.17, 15) is 0 Å². The summed E-state index contributed by atoms with van der Waals surface area (Å²) >= 11 is 12.2. The van der Waals surface area contributed by atoms with Crippen molar-refractivity contribution in [3.63, 3.8) is 0 Å². The number of anilines is 2. The van der Waals surface area contributed by atoms with Crippen LogP contribution in [0.5, 0.6) is 11.5 Å². The van der Waals surface area contributed by atoms with Crippen molar-refractivity contribution in [1.82, 2.24) is 4.98 Å². The van der Waals surface area contributed by atoms with E-state index in [-0.39, 0.29) is 0 Å². The second-order valence-corrected chi connectivity index (χ2v) is 7.12. The van der Waals surface area contributed by atoms with Crippen LogP contribution in [0.3, 0.4) is 0 Å². The minimum atomic E-state index is 0.359. The maximum atomic E-state index is 6.49. The molecule has 0 bridgehead atoms. The fourth-order valence-electron chi connectivity index (χ4n) is 3.09. The molecule has 4 rings (SSSR count). The number of halogens is 2. The maximum Gasteiger partial charge on any atom is 0.138 e. The summed E-state index contributed by atoms with van der Waals surface area (Å²) in [4.78, 5) is 10.8. The van der Waals surface area contributed by atoms with E-state index < -0.39 is 0 Å². The normalized spacial score (nSPS) is 12.6. The zero-order chi connectivity index (χ0) is 20.1. The summed E-state index contributed by atoms with van der Waals surface area (Å²) in [6.07, 6.45) is 3.57. The summed E-state index contributed by atoms with van der Waals surface area (Å²) in [6, 6.07) is 17.3. The van der Waals surface area contributed by atoms with Crippen molar-refractivity contribution in [2.75, 3.05) is 24.1 Å². The van der Waals surface area contributed by atoms with Crippen LogP contribution in [0.15, 0.2) is 65.8 Å². The van der Waals surface area contributed by atoms with E-state index in [1.54, 1.807) is 6.20 Å². The lowest BCUT2D eigenvalue weighted by molar-refractivity contribution is 0.301. The Hall–Kier alpha value is -2.76. The van der Waals surface area contributed by atoms with Crippen molar-refractivity contribution >= 4 is 40.8 Å². The van der Waals surface area contributed by atoms with Crippen molar-refractivity contribution in [3.8, 4) is 11.5 Å². The highest BCUT2D eigenvalue weighted by molar-refractivity contribution is 6.32. The molecular formula is C22H19Cl2N3O2. The Morgan fingerprint density at radius 2 is 1.93 bits per heavy atom. The number of fused-ring (bicyclic) bond motifs is 1. The molecule has 1 aliphatic rings. The Morgan fingerprint density at radius 3 is 2.72 bits per heavy atom. The van der Waals surface area contributed by atoms with Gasteiger partial charge in [0.15, 0.2) is 0 Å². The molecule has 0 atom stereocenters. The zero-order valence-electron chi connectivity index (χ0n) is 15.6. The van der Waals surface area contributed by atoms with Crippen LogP contribution in [0.4, 0.5) is 11.4 Å². The monoisotopic (exact) mass is 427 g/mol. The smallest absolute Gasteiger partial charge is 0.138 e. The molecule has 1 aromatic heterocycles. The molecule has 0 aliphatic carbocycles. The van der Waals surface area contributed by atoms with Crippen LogP contribution in [0.25, 0.3) is 0 Å². The molecular weight excluding hydrogens is 409 g/mol. The van der Waals surface area contributed by atoms with Crippen LogP contribution >= 0.6 is 23.2 Å². The third-order valence-electron chi connectivity index (χ3n) is 4.44. The van der Waals surface area contributed by atoms with Gasteiger partial charge in [0.05, 0.1) is 27.8 Å². The van der Waals surface area contributed by atoms with Crippen molar-refractivity contribution in [1.29, 1.82) is 0 Å². The van der Waals surface area contributed by atoms with Crippen LogP contribution in [0, 0.1) is 0 Å². The van der Waals surface area contributed by atoms with Gasteiger partial charge in [0.25, 0.3) is 0 Å². The molecule has 3 aromatic rings. The summed E-state index contributed by atoms with van der Waals surface area (Å²) in [5, 5.41) is 0.532. The third kappa shape index (κ3) is 4.47. The van der Waals surface area contributed by atoms with Gasteiger partial charge in [-0.2, -0.15) is 0 Å². The summed E-state index contributed by atoms with van der Waals surface area (Å²) < 4.78 is 11.6. The minimum absolute atomic E-state index is 0.359. The highest BCUT2D eigenvalue weighted by Crippen LogP contribution is 2.38. The third-order valence-corrected chi connectivity index (χ3v) is 4.89. The number of ether oxygens (including phenoxy) is 2. The number of aliphatic imine (C=N–C) groups is 1. The fourth-order valence-corrected chi connectivity index (χ4v) is 3.40. The Morgan fingerprint density at radius 1 is 1.00 bits per heavy atom. The molecule has 0 saturated carbocycles. The highest BCUT2D eigenvalue weighted by atomic mass is 35.5. The molecule has 2 aromatic carbocycles. The molecule has 148 valence electrons. The summed E-state index contributed by atoms with van der Waals surface area (Å²) in [5.74, 6) is 1.80. The van der Waals surface area contributed by atoms with E-state index in [2.05, 4.69) is 14.9 Å². The van der Waals surface area contributed by atoms with Crippen molar-refractivity contribution < 1.29 is 9.47 Å². The number of pyridine rings is 1. The number of nitrogens with zero attached hydrogens (tertiary/aromatic N) is 3. The first-order valence-corrected chi connectivity index (χ1v) is 10.1.